The lowest BCUT2D eigenvalue weighted by atomic mass is 9.91. The van der Waals surface area contributed by atoms with Crippen molar-refractivity contribution in [1.82, 2.24) is 5.01 Å². The molecular weight excluding hydrogens is 152 g/mol. The number of Topliss-reactive ketones (excluding diaryl/α,β-unsaturated/α-hetero) is 1. The van der Waals surface area contributed by atoms with Crippen molar-refractivity contribution in [2.75, 3.05) is 7.05 Å². The third-order valence-electron chi connectivity index (χ3n) is 2.30. The lowest BCUT2D eigenvalue weighted by Crippen LogP contribution is -2.40. The number of ketones is 1. The van der Waals surface area contributed by atoms with Crippen LogP contribution in [0.2, 0.25) is 0 Å². The Balaban J connectivity index is 2.38. The van der Waals surface area contributed by atoms with Gasteiger partial charge in [-0.2, -0.15) is 5.10 Å². The molecule has 0 atom stereocenters. The minimum atomic E-state index is 0.358. The monoisotopic (exact) mass is 168 g/mol. The average molecular weight is 168 g/mol. The first kappa shape index (κ1) is 9.23. The molecular formula is C9H16N2O. The van der Waals surface area contributed by atoms with Crippen LogP contribution in [0.15, 0.2) is 5.10 Å². The zero-order chi connectivity index (χ0) is 9.14. The van der Waals surface area contributed by atoms with Gasteiger partial charge in [0.15, 0.2) is 0 Å². The summed E-state index contributed by atoms with van der Waals surface area (Å²) in [6.07, 6.45) is 2.33. The number of rotatable bonds is 3. The van der Waals surface area contributed by atoms with Gasteiger partial charge in [-0.3, -0.25) is 9.80 Å². The fourth-order valence-electron chi connectivity index (χ4n) is 1.15. The Kier molecular flexibility index (Phi) is 2.84. The van der Waals surface area contributed by atoms with Gasteiger partial charge in [-0.25, -0.2) is 0 Å². The van der Waals surface area contributed by atoms with Crippen LogP contribution in [-0.2, 0) is 4.79 Å². The van der Waals surface area contributed by atoms with Gasteiger partial charge in [0.05, 0.1) is 6.04 Å². The fraction of sp³-hybridized carbons (Fsp3) is 0.778. The summed E-state index contributed by atoms with van der Waals surface area (Å²) in [5.74, 6) is 0.358. The second-order valence-corrected chi connectivity index (χ2v) is 3.36. The molecule has 3 heteroatoms. The molecule has 0 saturated heterocycles. The van der Waals surface area contributed by atoms with Gasteiger partial charge in [0.1, 0.15) is 5.78 Å². The maximum absolute atomic E-state index is 10.7. The third kappa shape index (κ3) is 2.06. The number of hydrogen-bond acceptors (Lipinski definition) is 3. The molecule has 3 nitrogen and oxygen atoms in total. The number of hydrogen-bond donors (Lipinski definition) is 0. The maximum Gasteiger partial charge on any atom is 0.137 e. The Morgan fingerprint density at radius 2 is 2.25 bits per heavy atom. The van der Waals surface area contributed by atoms with Crippen molar-refractivity contribution in [3.63, 3.8) is 0 Å². The zero-order valence-corrected chi connectivity index (χ0v) is 8.00. The van der Waals surface area contributed by atoms with Gasteiger partial charge in [0.2, 0.25) is 0 Å². The van der Waals surface area contributed by atoms with Crippen LogP contribution in [0.25, 0.3) is 0 Å². The second kappa shape index (κ2) is 3.70. The van der Waals surface area contributed by atoms with E-state index in [0.29, 0.717) is 24.7 Å². The van der Waals surface area contributed by atoms with Gasteiger partial charge < -0.3 is 0 Å². The van der Waals surface area contributed by atoms with Gasteiger partial charge in [0, 0.05) is 25.6 Å². The number of nitrogens with zero attached hydrogens (tertiary/aromatic N) is 2. The highest BCUT2D eigenvalue weighted by Crippen LogP contribution is 2.20. The summed E-state index contributed by atoms with van der Waals surface area (Å²) in [5.41, 5.74) is 1.12. The average Bonchev–Trinajstić information content (AvgIpc) is 1.98. The highest BCUT2D eigenvalue weighted by atomic mass is 16.1. The molecule has 68 valence electrons. The molecule has 1 rings (SSSR count). The topological polar surface area (TPSA) is 32.7 Å². The van der Waals surface area contributed by atoms with E-state index in [1.54, 1.807) is 0 Å². The van der Waals surface area contributed by atoms with Crippen LogP contribution >= 0.6 is 0 Å². The number of carbonyl (C=O) groups excluding carboxylic acids is 1. The van der Waals surface area contributed by atoms with Crippen molar-refractivity contribution in [3.05, 3.63) is 0 Å². The van der Waals surface area contributed by atoms with Gasteiger partial charge in [-0.05, 0) is 13.3 Å². The summed E-state index contributed by atoms with van der Waals surface area (Å²) >= 11 is 0. The van der Waals surface area contributed by atoms with Crippen LogP contribution in [0, 0.1) is 0 Å². The minimum Gasteiger partial charge on any atom is -0.300 e. The minimum absolute atomic E-state index is 0.358. The van der Waals surface area contributed by atoms with E-state index in [0.717, 1.165) is 12.1 Å². The Bertz CT molecular complexity index is 203. The first-order valence-electron chi connectivity index (χ1n) is 4.42. The van der Waals surface area contributed by atoms with E-state index in [1.807, 2.05) is 19.0 Å². The molecule has 0 bridgehead atoms. The molecule has 1 aliphatic carbocycles. The first-order valence-corrected chi connectivity index (χ1v) is 4.42. The molecule has 0 N–H and O–H groups in total. The largest absolute Gasteiger partial charge is 0.300 e. The molecule has 0 spiro atoms. The number of hydrazone groups is 1. The lowest BCUT2D eigenvalue weighted by Gasteiger charge is -2.31. The van der Waals surface area contributed by atoms with Crippen LogP contribution < -0.4 is 0 Å². The standard InChI is InChI=1S/C9H16N2O/c1-4-7(2)10-11(3)8-5-9(12)6-8/h8H,4-6H2,1-3H3. The van der Waals surface area contributed by atoms with Crippen molar-refractivity contribution in [2.45, 2.75) is 39.2 Å². The maximum atomic E-state index is 10.7. The summed E-state index contributed by atoms with van der Waals surface area (Å²) in [6.45, 7) is 4.09. The molecule has 0 radical (unpaired) electrons. The molecule has 0 aromatic heterocycles. The summed E-state index contributed by atoms with van der Waals surface area (Å²) in [5, 5.41) is 6.27. The molecule has 1 fully saturated rings. The molecule has 0 unspecified atom stereocenters. The van der Waals surface area contributed by atoms with Gasteiger partial charge >= 0.3 is 0 Å². The molecule has 12 heavy (non-hydrogen) atoms. The van der Waals surface area contributed by atoms with Gasteiger partial charge in [-0.15, -0.1) is 0 Å². The Morgan fingerprint density at radius 3 is 2.67 bits per heavy atom. The van der Waals surface area contributed by atoms with E-state index >= 15 is 0 Å². The predicted molar refractivity (Wildman–Crippen MR) is 49.2 cm³/mol. The molecule has 0 aromatic carbocycles. The van der Waals surface area contributed by atoms with Crippen molar-refractivity contribution in [2.24, 2.45) is 5.10 Å². The summed E-state index contributed by atoms with van der Waals surface area (Å²) in [6, 6.07) is 0.360. The van der Waals surface area contributed by atoms with Gasteiger partial charge in [0.25, 0.3) is 0 Å². The highest BCUT2D eigenvalue weighted by molar-refractivity contribution is 5.86. The summed E-state index contributed by atoms with van der Waals surface area (Å²) < 4.78 is 0. The zero-order valence-electron chi connectivity index (χ0n) is 8.00. The molecule has 0 aliphatic heterocycles. The van der Waals surface area contributed by atoms with E-state index in [9.17, 15) is 4.79 Å². The van der Waals surface area contributed by atoms with Crippen LogP contribution in [0.5, 0.6) is 0 Å². The molecule has 1 aliphatic rings. The van der Waals surface area contributed by atoms with Crippen LogP contribution in [0.1, 0.15) is 33.1 Å². The first-order chi connectivity index (χ1) is 5.63. The van der Waals surface area contributed by atoms with E-state index < -0.39 is 0 Å². The van der Waals surface area contributed by atoms with E-state index in [2.05, 4.69) is 12.0 Å². The van der Waals surface area contributed by atoms with Crippen molar-refractivity contribution in [3.8, 4) is 0 Å². The van der Waals surface area contributed by atoms with Gasteiger partial charge in [-0.1, -0.05) is 6.92 Å². The van der Waals surface area contributed by atoms with E-state index in [1.165, 1.54) is 0 Å². The van der Waals surface area contributed by atoms with E-state index in [4.69, 9.17) is 0 Å². The fourth-order valence-corrected chi connectivity index (χ4v) is 1.15. The van der Waals surface area contributed by atoms with E-state index in [-0.39, 0.29) is 0 Å². The number of carbonyl (C=O) groups is 1. The van der Waals surface area contributed by atoms with Crippen molar-refractivity contribution in [1.29, 1.82) is 0 Å². The summed E-state index contributed by atoms with van der Waals surface area (Å²) in [7, 11) is 1.94. The molecule has 1 saturated carbocycles. The third-order valence-corrected chi connectivity index (χ3v) is 2.30. The van der Waals surface area contributed by atoms with Crippen LogP contribution in [0.3, 0.4) is 0 Å². The van der Waals surface area contributed by atoms with Crippen molar-refractivity contribution >= 4 is 11.5 Å². The SMILES string of the molecule is CCC(C)=NN(C)C1CC(=O)C1. The smallest absolute Gasteiger partial charge is 0.137 e. The van der Waals surface area contributed by atoms with Crippen LogP contribution in [-0.4, -0.2) is 29.6 Å². The quantitative estimate of drug-likeness (QED) is 0.472. The van der Waals surface area contributed by atoms with Crippen molar-refractivity contribution < 1.29 is 4.79 Å². The summed E-state index contributed by atoms with van der Waals surface area (Å²) in [4.78, 5) is 10.7. The predicted octanol–water partition coefficient (Wildman–Crippen LogP) is 1.44. The molecule has 0 aromatic rings. The Morgan fingerprint density at radius 1 is 1.67 bits per heavy atom. The normalized spacial score (nSPS) is 19.2. The lowest BCUT2D eigenvalue weighted by molar-refractivity contribution is -0.127. The van der Waals surface area contributed by atoms with Crippen LogP contribution in [0.4, 0.5) is 0 Å². The Hall–Kier alpha value is -0.860. The second-order valence-electron chi connectivity index (χ2n) is 3.36. The Labute approximate surface area is 73.4 Å². The molecule has 0 heterocycles. The molecule has 0 amide bonds. The highest BCUT2D eigenvalue weighted by Gasteiger charge is 2.29.